The Labute approximate surface area is 261 Å². The van der Waals surface area contributed by atoms with Crippen LogP contribution in [0.3, 0.4) is 0 Å². The largest absolute Gasteiger partial charge is 0.268 e. The van der Waals surface area contributed by atoms with Crippen molar-refractivity contribution in [3.8, 4) is 0 Å². The number of hydrogen-bond donors (Lipinski definition) is 0. The van der Waals surface area contributed by atoms with Crippen LogP contribution in [-0.4, -0.2) is 40.9 Å². The maximum Gasteiger partial charge on any atom is 0.268 e. The fourth-order valence-electron chi connectivity index (χ4n) is 6.00. The summed E-state index contributed by atoms with van der Waals surface area (Å²) in [6, 6.07) is 38.2. The normalized spacial score (nSPS) is 13.1. The monoisotopic (exact) mass is 656 g/mol. The van der Waals surface area contributed by atoms with E-state index in [0.29, 0.717) is 11.0 Å². The zero-order valence-electron chi connectivity index (χ0n) is 25.3. The predicted molar refractivity (Wildman–Crippen MR) is 186 cm³/mol. The molecule has 0 saturated heterocycles. The van der Waals surface area contributed by atoms with Gasteiger partial charge in [-0.3, -0.25) is 0 Å². The SMILES string of the molecule is C[Si](C)(CC[Si](C)(C)c1cc2ccccc2n1S(=O)(=O)c1ccccc1)c1cc2ccccc2n1S(=O)(=O)c1ccccc1. The van der Waals surface area contributed by atoms with Crippen LogP contribution in [0.4, 0.5) is 0 Å². The fraction of sp³-hybridized carbons (Fsp3) is 0.176. The molecule has 0 saturated carbocycles. The zero-order chi connectivity index (χ0) is 31.3. The van der Waals surface area contributed by atoms with Crippen LogP contribution in [0.5, 0.6) is 0 Å². The van der Waals surface area contributed by atoms with Crippen molar-refractivity contribution in [1.29, 1.82) is 0 Å². The highest BCUT2D eigenvalue weighted by Gasteiger charge is 2.38. The van der Waals surface area contributed by atoms with E-state index in [1.165, 1.54) is 0 Å². The third kappa shape index (κ3) is 5.19. The van der Waals surface area contributed by atoms with Gasteiger partial charge in [-0.1, -0.05) is 111 Å². The van der Waals surface area contributed by atoms with E-state index in [1.54, 1.807) is 56.5 Å². The Morgan fingerprint density at radius 2 is 0.795 bits per heavy atom. The maximum atomic E-state index is 14.1. The molecule has 0 unspecified atom stereocenters. The smallest absolute Gasteiger partial charge is 0.242 e. The van der Waals surface area contributed by atoms with Gasteiger partial charge in [-0.2, -0.15) is 0 Å². The lowest BCUT2D eigenvalue weighted by atomic mass is 10.3. The minimum atomic E-state index is -3.84. The highest BCUT2D eigenvalue weighted by Crippen LogP contribution is 2.29. The maximum absolute atomic E-state index is 14.1. The van der Waals surface area contributed by atoms with E-state index in [4.69, 9.17) is 0 Å². The Morgan fingerprint density at radius 1 is 0.477 bits per heavy atom. The Balaban J connectivity index is 1.43. The molecule has 0 aliphatic heterocycles. The first-order valence-corrected chi connectivity index (χ1v) is 24.0. The second-order valence-corrected chi connectivity index (χ2v) is 25.7. The fourth-order valence-corrected chi connectivity index (χ4v) is 19.0. The molecule has 10 heteroatoms. The molecule has 6 aromatic rings. The predicted octanol–water partition coefficient (Wildman–Crippen LogP) is 6.60. The van der Waals surface area contributed by atoms with Crippen molar-refractivity contribution < 1.29 is 16.8 Å². The van der Waals surface area contributed by atoms with E-state index in [0.717, 1.165) is 33.5 Å². The molecule has 6 rings (SSSR count). The summed E-state index contributed by atoms with van der Waals surface area (Å²) < 4.78 is 59.6. The third-order valence-electron chi connectivity index (χ3n) is 8.66. The lowest BCUT2D eigenvalue weighted by Gasteiger charge is -2.30. The quantitative estimate of drug-likeness (QED) is 0.164. The summed E-state index contributed by atoms with van der Waals surface area (Å²) in [5, 5.41) is 3.50. The summed E-state index contributed by atoms with van der Waals surface area (Å²) in [4.78, 5) is 0.524. The third-order valence-corrected chi connectivity index (χ3v) is 19.5. The Kier molecular flexibility index (Phi) is 7.60. The van der Waals surface area contributed by atoms with Gasteiger partial charge in [-0.05, 0) is 48.5 Å². The molecule has 44 heavy (non-hydrogen) atoms. The molecule has 0 spiro atoms. The van der Waals surface area contributed by atoms with E-state index in [2.05, 4.69) is 26.2 Å². The molecule has 0 N–H and O–H groups in total. The molecular formula is C34H36N2O4S2Si2. The summed E-state index contributed by atoms with van der Waals surface area (Å²) in [6.07, 6.45) is 0. The highest BCUT2D eigenvalue weighted by molar-refractivity contribution is 7.90. The van der Waals surface area contributed by atoms with Gasteiger partial charge in [-0.25, -0.2) is 24.8 Å². The van der Waals surface area contributed by atoms with Gasteiger partial charge in [0, 0.05) is 21.4 Å². The van der Waals surface area contributed by atoms with Gasteiger partial charge in [0.2, 0.25) is 0 Å². The molecule has 0 aliphatic carbocycles. The Bertz CT molecular complexity index is 2050. The summed E-state index contributed by atoms with van der Waals surface area (Å²) in [5.74, 6) is 0. The van der Waals surface area contributed by atoms with Crippen molar-refractivity contribution in [2.75, 3.05) is 0 Å². The molecule has 2 aromatic heterocycles. The summed E-state index contributed by atoms with van der Waals surface area (Å²) in [6.45, 7) is 8.88. The summed E-state index contributed by atoms with van der Waals surface area (Å²) in [7, 11) is -12.5. The molecule has 0 radical (unpaired) electrons. The Morgan fingerprint density at radius 3 is 1.16 bits per heavy atom. The van der Waals surface area contributed by atoms with Crippen LogP contribution in [0.15, 0.2) is 131 Å². The molecule has 0 bridgehead atoms. The first-order chi connectivity index (χ1) is 20.8. The van der Waals surface area contributed by atoms with Crippen molar-refractivity contribution in [3.05, 3.63) is 121 Å². The number of fused-ring (bicyclic) bond motifs is 2. The van der Waals surface area contributed by atoms with Crippen molar-refractivity contribution >= 4 is 68.6 Å². The number of aromatic nitrogens is 2. The number of benzene rings is 4. The van der Waals surface area contributed by atoms with E-state index in [1.807, 2.05) is 72.8 Å². The molecule has 6 nitrogen and oxygen atoms in total. The standard InChI is InChI=1S/C34H36N2O4S2Si2/c1-43(2,33-25-27-15-11-13-21-31(27)35(33)41(37,38)29-17-7-5-8-18-29)23-24-44(3,4)34-26-28-16-12-14-22-32(28)36(34)42(39,40)30-19-9-6-10-20-30/h5-22,25-26H,23-24H2,1-4H3. The van der Waals surface area contributed by atoms with Crippen molar-refractivity contribution in [2.24, 2.45) is 0 Å². The van der Waals surface area contributed by atoms with Crippen LogP contribution in [0.25, 0.3) is 21.8 Å². The minimum absolute atomic E-state index is 0.262. The van der Waals surface area contributed by atoms with E-state index in [-0.39, 0.29) is 9.79 Å². The molecule has 0 atom stereocenters. The van der Waals surface area contributed by atoms with Crippen LogP contribution in [-0.2, 0) is 20.0 Å². The first-order valence-electron chi connectivity index (χ1n) is 14.7. The highest BCUT2D eigenvalue weighted by atomic mass is 32.2. The second kappa shape index (κ2) is 11.0. The molecule has 2 heterocycles. The molecule has 0 aliphatic rings. The minimum Gasteiger partial charge on any atom is -0.242 e. The summed E-state index contributed by atoms with van der Waals surface area (Å²) >= 11 is 0. The molecule has 0 amide bonds. The first kappa shape index (κ1) is 30.3. The van der Waals surface area contributed by atoms with Gasteiger partial charge in [0.05, 0.1) is 20.8 Å². The van der Waals surface area contributed by atoms with E-state index in [9.17, 15) is 16.8 Å². The average molecular weight is 657 g/mol. The zero-order valence-corrected chi connectivity index (χ0v) is 28.9. The van der Waals surface area contributed by atoms with Gasteiger partial charge in [-0.15, -0.1) is 0 Å². The van der Waals surface area contributed by atoms with Crippen LogP contribution < -0.4 is 10.6 Å². The topological polar surface area (TPSA) is 78.1 Å². The molecule has 226 valence electrons. The number of hydrogen-bond acceptors (Lipinski definition) is 4. The molecule has 4 aromatic carbocycles. The van der Waals surface area contributed by atoms with Crippen LogP contribution >= 0.6 is 0 Å². The van der Waals surface area contributed by atoms with E-state index < -0.39 is 36.2 Å². The number of para-hydroxylation sites is 2. The van der Waals surface area contributed by atoms with Crippen LogP contribution in [0.2, 0.25) is 38.3 Å². The molecular weight excluding hydrogens is 621 g/mol. The second-order valence-electron chi connectivity index (χ2n) is 12.6. The lowest BCUT2D eigenvalue weighted by Crippen LogP contribution is -2.52. The van der Waals surface area contributed by atoms with Gasteiger partial charge >= 0.3 is 0 Å². The van der Waals surface area contributed by atoms with Crippen molar-refractivity contribution in [1.82, 2.24) is 7.94 Å². The Hall–Kier alpha value is -3.71. The number of rotatable bonds is 9. The van der Waals surface area contributed by atoms with Crippen LogP contribution in [0.1, 0.15) is 0 Å². The average Bonchev–Trinajstić information content (AvgIpc) is 3.63. The van der Waals surface area contributed by atoms with Gasteiger partial charge in [0.15, 0.2) is 0 Å². The van der Waals surface area contributed by atoms with Gasteiger partial charge in [0.25, 0.3) is 20.0 Å². The van der Waals surface area contributed by atoms with Crippen molar-refractivity contribution in [3.63, 3.8) is 0 Å². The van der Waals surface area contributed by atoms with E-state index >= 15 is 0 Å². The number of nitrogens with zero attached hydrogens (tertiary/aromatic N) is 2. The van der Waals surface area contributed by atoms with Gasteiger partial charge < -0.3 is 0 Å². The van der Waals surface area contributed by atoms with Gasteiger partial charge in [0.1, 0.15) is 16.1 Å². The molecule has 0 fully saturated rings. The van der Waals surface area contributed by atoms with Crippen molar-refractivity contribution in [2.45, 2.75) is 48.1 Å². The lowest BCUT2D eigenvalue weighted by molar-refractivity contribution is 0.588. The summed E-state index contributed by atoms with van der Waals surface area (Å²) in [5.41, 5.74) is 1.36. The van der Waals surface area contributed by atoms with Crippen LogP contribution in [0, 0.1) is 0 Å².